The maximum atomic E-state index is 12.3. The molecule has 0 bridgehead atoms. The molecule has 0 aliphatic carbocycles. The number of benzene rings is 2. The van der Waals surface area contributed by atoms with Gasteiger partial charge in [0.15, 0.2) is 0 Å². The van der Waals surface area contributed by atoms with E-state index in [-0.39, 0.29) is 11.8 Å². The van der Waals surface area contributed by atoms with E-state index in [1.54, 1.807) is 0 Å². The zero-order chi connectivity index (χ0) is 17.1. The van der Waals surface area contributed by atoms with Crippen LogP contribution in [-0.2, 0) is 16.0 Å². The predicted molar refractivity (Wildman–Crippen MR) is 100 cm³/mol. The van der Waals surface area contributed by atoms with Gasteiger partial charge in [-0.15, -0.1) is 0 Å². The first-order valence-corrected chi connectivity index (χ1v) is 9.15. The molecule has 130 valence electrons. The first-order valence-electron chi connectivity index (χ1n) is 9.15. The number of nitrogens with zero attached hydrogens (tertiary/aromatic N) is 1. The van der Waals surface area contributed by atoms with Crippen molar-refractivity contribution in [2.24, 2.45) is 5.92 Å². The number of amides is 1. The van der Waals surface area contributed by atoms with Crippen molar-refractivity contribution in [2.75, 3.05) is 30.0 Å². The largest absolute Gasteiger partial charge is 0.381 e. The van der Waals surface area contributed by atoms with Gasteiger partial charge in [-0.1, -0.05) is 18.2 Å². The minimum atomic E-state index is 0.0717. The fourth-order valence-electron chi connectivity index (χ4n) is 3.73. The second-order valence-corrected chi connectivity index (χ2v) is 6.81. The summed E-state index contributed by atoms with van der Waals surface area (Å²) in [6.45, 7) is 2.40. The Morgan fingerprint density at radius 1 is 1.04 bits per heavy atom. The molecule has 1 saturated heterocycles. The number of carbonyl (C=O) groups is 1. The summed E-state index contributed by atoms with van der Waals surface area (Å²) >= 11 is 0. The van der Waals surface area contributed by atoms with Gasteiger partial charge in [-0.2, -0.15) is 0 Å². The van der Waals surface area contributed by atoms with E-state index in [0.717, 1.165) is 31.5 Å². The molecular weight excluding hydrogens is 312 g/mol. The van der Waals surface area contributed by atoms with Gasteiger partial charge in [0.2, 0.25) is 5.91 Å². The van der Waals surface area contributed by atoms with Crippen molar-refractivity contribution in [3.05, 3.63) is 54.1 Å². The molecule has 0 aromatic heterocycles. The van der Waals surface area contributed by atoms with Crippen molar-refractivity contribution in [1.29, 1.82) is 0 Å². The summed E-state index contributed by atoms with van der Waals surface area (Å²) in [7, 11) is 0. The Kier molecular flexibility index (Phi) is 4.70. The molecule has 1 N–H and O–H groups in total. The molecule has 2 aromatic rings. The standard InChI is InChI=1S/C21H24N2O2/c24-21(17-11-14-25-15-12-17)22-18-7-9-19(10-8-18)23-13-3-5-16-4-1-2-6-20(16)23/h1-2,4,6-10,17H,3,5,11-15H2,(H,22,24). The molecule has 0 atom stereocenters. The maximum Gasteiger partial charge on any atom is 0.227 e. The SMILES string of the molecule is O=C(Nc1ccc(N2CCCc3ccccc32)cc1)C1CCOCC1. The lowest BCUT2D eigenvalue weighted by molar-refractivity contribution is -0.122. The van der Waals surface area contributed by atoms with Crippen molar-refractivity contribution in [3.8, 4) is 0 Å². The van der Waals surface area contributed by atoms with Gasteiger partial charge in [-0.25, -0.2) is 0 Å². The fourth-order valence-corrected chi connectivity index (χ4v) is 3.73. The summed E-state index contributed by atoms with van der Waals surface area (Å²) < 4.78 is 5.33. The smallest absolute Gasteiger partial charge is 0.227 e. The number of anilines is 3. The zero-order valence-corrected chi connectivity index (χ0v) is 14.4. The van der Waals surface area contributed by atoms with Crippen LogP contribution in [0.1, 0.15) is 24.8 Å². The third-order valence-corrected chi connectivity index (χ3v) is 5.15. The Morgan fingerprint density at radius 3 is 2.60 bits per heavy atom. The molecule has 4 heteroatoms. The van der Waals surface area contributed by atoms with E-state index in [1.165, 1.54) is 23.4 Å². The summed E-state index contributed by atoms with van der Waals surface area (Å²) in [4.78, 5) is 14.7. The highest BCUT2D eigenvalue weighted by Gasteiger charge is 2.22. The average molecular weight is 336 g/mol. The minimum absolute atomic E-state index is 0.0717. The first kappa shape index (κ1) is 16.2. The predicted octanol–water partition coefficient (Wildman–Crippen LogP) is 4.14. The monoisotopic (exact) mass is 336 g/mol. The molecule has 0 radical (unpaired) electrons. The van der Waals surface area contributed by atoms with Crippen LogP contribution in [0.2, 0.25) is 0 Å². The highest BCUT2D eigenvalue weighted by Crippen LogP contribution is 2.33. The van der Waals surface area contributed by atoms with Gasteiger partial charge < -0.3 is 15.0 Å². The van der Waals surface area contributed by atoms with Gasteiger partial charge in [0.05, 0.1) is 0 Å². The summed E-state index contributed by atoms with van der Waals surface area (Å²) in [5, 5.41) is 3.05. The Hall–Kier alpha value is -2.33. The lowest BCUT2D eigenvalue weighted by Gasteiger charge is -2.31. The van der Waals surface area contributed by atoms with Crippen molar-refractivity contribution < 1.29 is 9.53 Å². The topological polar surface area (TPSA) is 41.6 Å². The van der Waals surface area contributed by atoms with E-state index in [0.29, 0.717) is 13.2 Å². The lowest BCUT2D eigenvalue weighted by atomic mass is 9.99. The van der Waals surface area contributed by atoms with Crippen LogP contribution in [-0.4, -0.2) is 25.7 Å². The van der Waals surface area contributed by atoms with Crippen LogP contribution < -0.4 is 10.2 Å². The van der Waals surface area contributed by atoms with Crippen molar-refractivity contribution in [2.45, 2.75) is 25.7 Å². The maximum absolute atomic E-state index is 12.3. The van der Waals surface area contributed by atoms with E-state index < -0.39 is 0 Å². The minimum Gasteiger partial charge on any atom is -0.381 e. The molecule has 2 aliphatic rings. The molecule has 2 heterocycles. The Balaban J connectivity index is 1.46. The Labute approximate surface area is 148 Å². The molecule has 25 heavy (non-hydrogen) atoms. The van der Waals surface area contributed by atoms with E-state index in [9.17, 15) is 4.79 Å². The van der Waals surface area contributed by atoms with Gasteiger partial charge in [-0.3, -0.25) is 4.79 Å². The van der Waals surface area contributed by atoms with Gasteiger partial charge in [0.25, 0.3) is 0 Å². The molecular formula is C21H24N2O2. The number of hydrogen-bond acceptors (Lipinski definition) is 3. The van der Waals surface area contributed by atoms with E-state index >= 15 is 0 Å². The number of para-hydroxylation sites is 1. The molecule has 4 rings (SSSR count). The zero-order valence-electron chi connectivity index (χ0n) is 14.4. The third-order valence-electron chi connectivity index (χ3n) is 5.15. The highest BCUT2D eigenvalue weighted by atomic mass is 16.5. The number of carbonyl (C=O) groups excluding carboxylic acids is 1. The third kappa shape index (κ3) is 3.54. The molecule has 1 fully saturated rings. The summed E-state index contributed by atoms with van der Waals surface area (Å²) in [6.07, 6.45) is 3.94. The van der Waals surface area contributed by atoms with E-state index in [1.807, 2.05) is 12.1 Å². The van der Waals surface area contributed by atoms with Crippen molar-refractivity contribution >= 4 is 23.0 Å². The number of aryl methyl sites for hydroxylation is 1. The fraction of sp³-hybridized carbons (Fsp3) is 0.381. The quantitative estimate of drug-likeness (QED) is 0.916. The van der Waals surface area contributed by atoms with Gasteiger partial charge >= 0.3 is 0 Å². The number of rotatable bonds is 3. The van der Waals surface area contributed by atoms with Gasteiger partial charge in [0, 0.05) is 42.7 Å². The molecule has 2 aliphatic heterocycles. The van der Waals surface area contributed by atoms with Crippen molar-refractivity contribution in [1.82, 2.24) is 0 Å². The molecule has 4 nitrogen and oxygen atoms in total. The van der Waals surface area contributed by atoms with Crippen LogP contribution >= 0.6 is 0 Å². The van der Waals surface area contributed by atoms with E-state index in [2.05, 4.69) is 46.6 Å². The van der Waals surface area contributed by atoms with Crippen LogP contribution in [0.3, 0.4) is 0 Å². The second kappa shape index (κ2) is 7.28. The average Bonchev–Trinajstić information content (AvgIpc) is 2.69. The van der Waals surface area contributed by atoms with Crippen LogP contribution in [0.25, 0.3) is 0 Å². The summed E-state index contributed by atoms with van der Waals surface area (Å²) in [5.74, 6) is 0.182. The summed E-state index contributed by atoms with van der Waals surface area (Å²) in [6, 6.07) is 16.8. The van der Waals surface area contributed by atoms with Crippen LogP contribution in [0.15, 0.2) is 48.5 Å². The normalized spacial score (nSPS) is 17.8. The molecule has 1 amide bonds. The lowest BCUT2D eigenvalue weighted by Crippen LogP contribution is -2.28. The van der Waals surface area contributed by atoms with Crippen molar-refractivity contribution in [3.63, 3.8) is 0 Å². The van der Waals surface area contributed by atoms with Gasteiger partial charge in [-0.05, 0) is 61.6 Å². The van der Waals surface area contributed by atoms with Crippen LogP contribution in [0.5, 0.6) is 0 Å². The van der Waals surface area contributed by atoms with Crippen LogP contribution in [0.4, 0.5) is 17.1 Å². The number of ether oxygens (including phenoxy) is 1. The highest BCUT2D eigenvalue weighted by molar-refractivity contribution is 5.92. The first-order chi connectivity index (χ1) is 12.3. The summed E-state index contributed by atoms with van der Waals surface area (Å²) in [5.41, 5.74) is 4.75. The molecule has 0 spiro atoms. The Morgan fingerprint density at radius 2 is 1.80 bits per heavy atom. The molecule has 0 unspecified atom stereocenters. The molecule has 0 saturated carbocycles. The molecule has 2 aromatic carbocycles. The Bertz CT molecular complexity index is 736. The van der Waals surface area contributed by atoms with Crippen LogP contribution in [0, 0.1) is 5.92 Å². The number of hydrogen-bond donors (Lipinski definition) is 1. The number of fused-ring (bicyclic) bond motifs is 1. The number of nitrogens with one attached hydrogen (secondary N) is 1. The van der Waals surface area contributed by atoms with Gasteiger partial charge in [0.1, 0.15) is 0 Å². The second-order valence-electron chi connectivity index (χ2n) is 6.81. The van der Waals surface area contributed by atoms with E-state index in [4.69, 9.17) is 4.74 Å².